The Morgan fingerprint density at radius 1 is 1.24 bits per heavy atom. The largest absolute Gasteiger partial charge is 0.490 e. The first-order chi connectivity index (χ1) is 10.2. The summed E-state index contributed by atoms with van der Waals surface area (Å²) in [5.74, 6) is 7.36. The Hall–Kier alpha value is -1.08. The number of fused-ring (bicyclic) bond motifs is 1. The van der Waals surface area contributed by atoms with E-state index in [2.05, 4.69) is 34.3 Å². The van der Waals surface area contributed by atoms with Crippen molar-refractivity contribution in [2.45, 2.75) is 19.4 Å². The molecule has 0 aliphatic carbocycles. The molecule has 4 nitrogen and oxygen atoms in total. The molecule has 1 aliphatic rings. The average molecular weight is 369 g/mol. The normalized spacial score (nSPS) is 15.6. The van der Waals surface area contributed by atoms with Crippen LogP contribution in [-0.4, -0.2) is 13.2 Å². The summed E-state index contributed by atoms with van der Waals surface area (Å²) >= 11 is 5.25. The van der Waals surface area contributed by atoms with E-state index in [9.17, 15) is 0 Å². The van der Waals surface area contributed by atoms with E-state index < -0.39 is 0 Å². The van der Waals surface area contributed by atoms with Gasteiger partial charge in [-0.15, -0.1) is 11.3 Å². The van der Waals surface area contributed by atoms with E-state index in [-0.39, 0.29) is 6.04 Å². The number of nitrogens with two attached hydrogens (primary N) is 1. The number of hydrogen-bond acceptors (Lipinski definition) is 5. The second kappa shape index (κ2) is 6.36. The summed E-state index contributed by atoms with van der Waals surface area (Å²) in [5, 5.41) is 0. The molecule has 1 aliphatic heterocycles. The third-order valence-corrected chi connectivity index (χ3v) is 5.63. The second-order valence-electron chi connectivity index (χ2n) is 4.96. The fourth-order valence-corrected chi connectivity index (χ4v) is 3.99. The van der Waals surface area contributed by atoms with E-state index in [0.29, 0.717) is 13.2 Å². The highest BCUT2D eigenvalue weighted by Gasteiger charge is 2.19. The van der Waals surface area contributed by atoms with Gasteiger partial charge in [0.15, 0.2) is 11.5 Å². The minimum absolute atomic E-state index is 0.0582. The van der Waals surface area contributed by atoms with Crippen LogP contribution in [0.25, 0.3) is 0 Å². The van der Waals surface area contributed by atoms with Crippen molar-refractivity contribution in [2.24, 2.45) is 5.84 Å². The number of nitrogens with one attached hydrogen (secondary N) is 1. The Balaban J connectivity index is 1.95. The van der Waals surface area contributed by atoms with Gasteiger partial charge in [0.05, 0.1) is 23.0 Å². The molecule has 6 heteroatoms. The Morgan fingerprint density at radius 2 is 2.00 bits per heavy atom. The number of hydrogen-bond donors (Lipinski definition) is 2. The number of rotatable bonds is 3. The minimum atomic E-state index is -0.0582. The van der Waals surface area contributed by atoms with Crippen molar-refractivity contribution >= 4 is 27.3 Å². The molecule has 1 aromatic heterocycles. The zero-order chi connectivity index (χ0) is 14.8. The van der Waals surface area contributed by atoms with Gasteiger partial charge in [0, 0.05) is 11.3 Å². The van der Waals surface area contributed by atoms with Crippen LogP contribution in [0.4, 0.5) is 0 Å². The van der Waals surface area contributed by atoms with Crippen LogP contribution in [0, 0.1) is 6.92 Å². The molecule has 1 atom stereocenters. The van der Waals surface area contributed by atoms with Crippen LogP contribution in [0.3, 0.4) is 0 Å². The number of benzene rings is 1. The van der Waals surface area contributed by atoms with Crippen molar-refractivity contribution in [1.82, 2.24) is 5.43 Å². The molecule has 0 radical (unpaired) electrons. The Kier molecular flexibility index (Phi) is 4.49. The highest BCUT2D eigenvalue weighted by molar-refractivity contribution is 9.11. The molecule has 0 saturated heterocycles. The quantitative estimate of drug-likeness (QED) is 0.642. The zero-order valence-corrected chi connectivity index (χ0v) is 14.1. The van der Waals surface area contributed by atoms with Gasteiger partial charge in [-0.25, -0.2) is 5.43 Å². The molecular weight excluding hydrogens is 352 g/mol. The van der Waals surface area contributed by atoms with Gasteiger partial charge in [-0.05, 0) is 52.2 Å². The lowest BCUT2D eigenvalue weighted by atomic mass is 10.0. The standard InChI is InChI=1S/C15H17BrN2O2S/c1-9-7-13(21-15(9)16)14(18-17)10-3-4-11-12(8-10)20-6-2-5-19-11/h3-4,7-8,14,18H,2,5-6,17H2,1H3. The van der Waals surface area contributed by atoms with Gasteiger partial charge >= 0.3 is 0 Å². The fraction of sp³-hybridized carbons (Fsp3) is 0.333. The Labute approximate surface area is 136 Å². The highest BCUT2D eigenvalue weighted by Crippen LogP contribution is 2.37. The van der Waals surface area contributed by atoms with E-state index >= 15 is 0 Å². The summed E-state index contributed by atoms with van der Waals surface area (Å²) in [6.07, 6.45) is 0.902. The van der Waals surface area contributed by atoms with Gasteiger partial charge in [-0.3, -0.25) is 5.84 Å². The summed E-state index contributed by atoms with van der Waals surface area (Å²) in [4.78, 5) is 1.16. The molecule has 0 bridgehead atoms. The first-order valence-corrected chi connectivity index (χ1v) is 8.41. The van der Waals surface area contributed by atoms with Crippen LogP contribution in [0.2, 0.25) is 0 Å². The predicted molar refractivity (Wildman–Crippen MR) is 88.0 cm³/mol. The molecule has 1 aromatic carbocycles. The van der Waals surface area contributed by atoms with E-state index in [1.807, 2.05) is 18.2 Å². The minimum Gasteiger partial charge on any atom is -0.490 e. The maximum absolute atomic E-state index is 5.77. The average Bonchev–Trinajstić information content (AvgIpc) is 2.69. The number of hydrazine groups is 1. The Morgan fingerprint density at radius 3 is 2.67 bits per heavy atom. The fourth-order valence-electron chi connectivity index (χ4n) is 2.33. The van der Waals surface area contributed by atoms with Crippen molar-refractivity contribution in [3.8, 4) is 11.5 Å². The summed E-state index contributed by atoms with van der Waals surface area (Å²) in [6, 6.07) is 8.07. The molecule has 2 heterocycles. The molecule has 112 valence electrons. The van der Waals surface area contributed by atoms with Crippen molar-refractivity contribution in [2.75, 3.05) is 13.2 Å². The van der Waals surface area contributed by atoms with Gasteiger partial charge in [0.2, 0.25) is 0 Å². The summed E-state index contributed by atoms with van der Waals surface area (Å²) < 4.78 is 12.5. The van der Waals surface area contributed by atoms with Crippen molar-refractivity contribution in [1.29, 1.82) is 0 Å². The maximum Gasteiger partial charge on any atom is 0.161 e. The van der Waals surface area contributed by atoms with E-state index in [1.54, 1.807) is 11.3 Å². The first-order valence-electron chi connectivity index (χ1n) is 6.80. The monoisotopic (exact) mass is 368 g/mol. The van der Waals surface area contributed by atoms with Crippen LogP contribution in [0.15, 0.2) is 28.1 Å². The third-order valence-electron chi connectivity index (χ3n) is 3.43. The smallest absolute Gasteiger partial charge is 0.161 e. The summed E-state index contributed by atoms with van der Waals surface area (Å²) in [5.41, 5.74) is 5.17. The molecule has 1 unspecified atom stereocenters. The van der Waals surface area contributed by atoms with Crippen LogP contribution in [-0.2, 0) is 0 Å². The van der Waals surface area contributed by atoms with Gasteiger partial charge in [0.25, 0.3) is 0 Å². The van der Waals surface area contributed by atoms with Crippen LogP contribution < -0.4 is 20.7 Å². The van der Waals surface area contributed by atoms with Crippen LogP contribution in [0.5, 0.6) is 11.5 Å². The molecular formula is C15H17BrN2O2S. The molecule has 3 N–H and O–H groups in total. The number of aryl methyl sites for hydroxylation is 1. The van der Waals surface area contributed by atoms with E-state index in [4.69, 9.17) is 15.3 Å². The van der Waals surface area contributed by atoms with Crippen molar-refractivity contribution in [3.05, 3.63) is 44.1 Å². The molecule has 21 heavy (non-hydrogen) atoms. The third kappa shape index (κ3) is 3.08. The molecule has 0 amide bonds. The van der Waals surface area contributed by atoms with Crippen molar-refractivity contribution in [3.63, 3.8) is 0 Å². The lowest BCUT2D eigenvalue weighted by Crippen LogP contribution is -2.28. The van der Waals surface area contributed by atoms with Gasteiger partial charge in [0.1, 0.15) is 0 Å². The van der Waals surface area contributed by atoms with Crippen LogP contribution >= 0.6 is 27.3 Å². The maximum atomic E-state index is 5.77. The summed E-state index contributed by atoms with van der Waals surface area (Å²) in [7, 11) is 0. The molecule has 3 rings (SSSR count). The number of halogens is 1. The van der Waals surface area contributed by atoms with Gasteiger partial charge < -0.3 is 9.47 Å². The van der Waals surface area contributed by atoms with Crippen LogP contribution in [0.1, 0.15) is 28.5 Å². The Bertz CT molecular complexity index is 625. The molecule has 0 fully saturated rings. The SMILES string of the molecule is Cc1cc(C(NN)c2ccc3c(c2)OCCCO3)sc1Br. The highest BCUT2D eigenvalue weighted by atomic mass is 79.9. The molecule has 2 aromatic rings. The topological polar surface area (TPSA) is 56.5 Å². The lowest BCUT2D eigenvalue weighted by Gasteiger charge is -2.17. The lowest BCUT2D eigenvalue weighted by molar-refractivity contribution is 0.297. The van der Waals surface area contributed by atoms with Gasteiger partial charge in [-0.2, -0.15) is 0 Å². The number of thiophene rings is 1. The predicted octanol–water partition coefficient (Wildman–Crippen LogP) is 3.53. The molecule has 0 spiro atoms. The van der Waals surface area contributed by atoms with E-state index in [0.717, 1.165) is 32.1 Å². The molecule has 0 saturated carbocycles. The summed E-state index contributed by atoms with van der Waals surface area (Å²) in [6.45, 7) is 3.45. The second-order valence-corrected chi connectivity index (χ2v) is 7.36. The first kappa shape index (κ1) is 14.8. The number of ether oxygens (including phenoxy) is 2. The van der Waals surface area contributed by atoms with E-state index in [1.165, 1.54) is 5.56 Å². The zero-order valence-electron chi connectivity index (χ0n) is 11.7. The van der Waals surface area contributed by atoms with Gasteiger partial charge in [-0.1, -0.05) is 6.07 Å². The van der Waals surface area contributed by atoms with Crippen molar-refractivity contribution < 1.29 is 9.47 Å².